The van der Waals surface area contributed by atoms with Crippen LogP contribution in [0.3, 0.4) is 0 Å². The second kappa shape index (κ2) is 10.1. The number of thioether (sulfide) groups is 1. The quantitative estimate of drug-likeness (QED) is 0.687. The number of carbonyl (C=O) groups is 1. The molecule has 0 spiro atoms. The van der Waals surface area contributed by atoms with Crippen LogP contribution in [0, 0.1) is 0 Å². The summed E-state index contributed by atoms with van der Waals surface area (Å²) in [7, 11) is 0. The molecule has 1 atom stereocenters. The molecule has 1 N–H and O–H groups in total. The number of nitrogens with zero attached hydrogens (tertiary/aromatic N) is 5. The molecule has 10 heteroatoms. The lowest BCUT2D eigenvalue weighted by Crippen LogP contribution is -2.40. The van der Waals surface area contributed by atoms with Gasteiger partial charge in [-0.15, -0.1) is 0 Å². The van der Waals surface area contributed by atoms with Crippen LogP contribution in [0.2, 0.25) is 0 Å². The molecule has 160 valence electrons. The standard InChI is InChI=1S/C20H26N6O3S/c1-15(17(27)21-16-5-3-2-4-6-16)30-20-23-18(25-7-11-28-12-8-25)22-19(24-20)26-9-13-29-14-10-26/h2-6,15H,7-14H2,1H3,(H,21,27)/t15-/m0/s1. The van der Waals surface area contributed by atoms with Gasteiger partial charge in [0.15, 0.2) is 5.16 Å². The number of para-hydroxylation sites is 1. The van der Waals surface area contributed by atoms with Crippen LogP contribution in [0.15, 0.2) is 35.5 Å². The lowest BCUT2D eigenvalue weighted by Gasteiger charge is -2.30. The van der Waals surface area contributed by atoms with E-state index in [9.17, 15) is 4.79 Å². The van der Waals surface area contributed by atoms with Gasteiger partial charge in [0, 0.05) is 31.9 Å². The Labute approximate surface area is 180 Å². The Bertz CT molecular complexity index is 807. The molecule has 2 fully saturated rings. The first-order valence-corrected chi connectivity index (χ1v) is 11.0. The van der Waals surface area contributed by atoms with Crippen LogP contribution < -0.4 is 15.1 Å². The topological polar surface area (TPSA) is 92.7 Å². The third kappa shape index (κ3) is 5.38. The van der Waals surface area contributed by atoms with Gasteiger partial charge in [-0.2, -0.15) is 15.0 Å². The first-order valence-electron chi connectivity index (χ1n) is 10.1. The summed E-state index contributed by atoms with van der Waals surface area (Å²) in [5, 5.41) is 3.12. The molecule has 0 bridgehead atoms. The fraction of sp³-hybridized carbons (Fsp3) is 0.500. The molecule has 0 saturated carbocycles. The monoisotopic (exact) mass is 430 g/mol. The van der Waals surface area contributed by atoms with Gasteiger partial charge in [-0.05, 0) is 19.1 Å². The Morgan fingerprint density at radius 2 is 1.47 bits per heavy atom. The van der Waals surface area contributed by atoms with E-state index in [0.717, 1.165) is 31.9 Å². The molecular formula is C20H26N6O3S. The summed E-state index contributed by atoms with van der Waals surface area (Å²) in [4.78, 5) is 30.9. The van der Waals surface area contributed by atoms with Crippen molar-refractivity contribution in [3.8, 4) is 0 Å². The normalized spacial score (nSPS) is 18.2. The van der Waals surface area contributed by atoms with Gasteiger partial charge in [-0.3, -0.25) is 4.79 Å². The van der Waals surface area contributed by atoms with Gasteiger partial charge in [-0.25, -0.2) is 0 Å². The van der Waals surface area contributed by atoms with Crippen LogP contribution in [0.5, 0.6) is 0 Å². The van der Waals surface area contributed by atoms with Crippen LogP contribution in [0.1, 0.15) is 6.92 Å². The van der Waals surface area contributed by atoms with Crippen LogP contribution >= 0.6 is 11.8 Å². The van der Waals surface area contributed by atoms with E-state index in [1.165, 1.54) is 11.8 Å². The van der Waals surface area contributed by atoms with Crippen LogP contribution in [-0.4, -0.2) is 78.7 Å². The molecule has 1 aromatic heterocycles. The predicted octanol–water partition coefficient (Wildman–Crippen LogP) is 1.66. The minimum atomic E-state index is -0.359. The molecule has 0 aliphatic carbocycles. The average Bonchev–Trinajstić information content (AvgIpc) is 2.80. The highest BCUT2D eigenvalue weighted by Gasteiger charge is 2.23. The SMILES string of the molecule is C[C@H](Sc1nc(N2CCOCC2)nc(N2CCOCC2)n1)C(=O)Nc1ccccc1. The summed E-state index contributed by atoms with van der Waals surface area (Å²) in [5.74, 6) is 1.17. The number of morpholine rings is 2. The lowest BCUT2D eigenvalue weighted by atomic mass is 10.3. The second-order valence-electron chi connectivity index (χ2n) is 7.03. The number of ether oxygens (including phenoxy) is 2. The number of hydrogen-bond donors (Lipinski definition) is 1. The molecule has 2 aromatic rings. The van der Waals surface area contributed by atoms with Crippen LogP contribution in [-0.2, 0) is 14.3 Å². The number of rotatable bonds is 6. The van der Waals surface area contributed by atoms with E-state index >= 15 is 0 Å². The molecule has 1 amide bonds. The van der Waals surface area contributed by atoms with E-state index in [4.69, 9.17) is 14.5 Å². The predicted molar refractivity (Wildman–Crippen MR) is 116 cm³/mol. The highest BCUT2D eigenvalue weighted by molar-refractivity contribution is 8.00. The van der Waals surface area contributed by atoms with E-state index in [-0.39, 0.29) is 11.2 Å². The van der Waals surface area contributed by atoms with Crippen molar-refractivity contribution in [1.29, 1.82) is 0 Å². The largest absolute Gasteiger partial charge is 0.378 e. The first kappa shape index (κ1) is 20.8. The molecule has 2 aliphatic heterocycles. The van der Waals surface area contributed by atoms with Gasteiger partial charge >= 0.3 is 0 Å². The van der Waals surface area contributed by atoms with Gasteiger partial charge in [0.05, 0.1) is 31.7 Å². The highest BCUT2D eigenvalue weighted by atomic mass is 32.2. The van der Waals surface area contributed by atoms with Crippen molar-refractivity contribution in [3.05, 3.63) is 30.3 Å². The third-order valence-corrected chi connectivity index (χ3v) is 5.83. The first-order chi connectivity index (χ1) is 14.7. The van der Waals surface area contributed by atoms with Crippen LogP contribution in [0.25, 0.3) is 0 Å². The molecule has 1 aromatic carbocycles. The Hall–Kier alpha value is -2.43. The maximum atomic E-state index is 12.6. The Morgan fingerprint density at radius 1 is 0.933 bits per heavy atom. The smallest absolute Gasteiger partial charge is 0.237 e. The summed E-state index contributed by atoms with van der Waals surface area (Å²) in [6, 6.07) is 9.43. The van der Waals surface area contributed by atoms with E-state index < -0.39 is 0 Å². The number of nitrogens with one attached hydrogen (secondary N) is 1. The molecule has 3 heterocycles. The minimum Gasteiger partial charge on any atom is -0.378 e. The van der Waals surface area contributed by atoms with E-state index in [1.807, 2.05) is 37.3 Å². The Morgan fingerprint density at radius 3 is 2.00 bits per heavy atom. The molecule has 4 rings (SSSR count). The Balaban J connectivity index is 1.52. The third-order valence-electron chi connectivity index (χ3n) is 4.87. The minimum absolute atomic E-state index is 0.0903. The number of amides is 1. The molecule has 9 nitrogen and oxygen atoms in total. The number of anilines is 3. The summed E-state index contributed by atoms with van der Waals surface area (Å²) >= 11 is 1.34. The van der Waals surface area contributed by atoms with E-state index in [2.05, 4.69) is 25.1 Å². The average molecular weight is 431 g/mol. The lowest BCUT2D eigenvalue weighted by molar-refractivity contribution is -0.115. The van der Waals surface area contributed by atoms with Crippen molar-refractivity contribution >= 4 is 35.3 Å². The van der Waals surface area contributed by atoms with Gasteiger partial charge in [0.25, 0.3) is 0 Å². The summed E-state index contributed by atoms with van der Waals surface area (Å²) < 4.78 is 10.9. The van der Waals surface area contributed by atoms with Gasteiger partial charge in [-0.1, -0.05) is 30.0 Å². The van der Waals surface area contributed by atoms with Crippen molar-refractivity contribution < 1.29 is 14.3 Å². The maximum Gasteiger partial charge on any atom is 0.237 e. The fourth-order valence-corrected chi connectivity index (χ4v) is 3.93. The summed E-state index contributed by atoms with van der Waals surface area (Å²) in [5.41, 5.74) is 0.772. The van der Waals surface area contributed by atoms with Gasteiger partial charge in [0.1, 0.15) is 0 Å². The highest BCUT2D eigenvalue weighted by Crippen LogP contribution is 2.25. The van der Waals surface area contributed by atoms with Crippen molar-refractivity contribution in [2.24, 2.45) is 0 Å². The van der Waals surface area contributed by atoms with Crippen LogP contribution in [0.4, 0.5) is 17.6 Å². The molecule has 2 aliphatic rings. The summed E-state index contributed by atoms with van der Waals surface area (Å²) in [6.07, 6.45) is 0. The van der Waals surface area contributed by atoms with Gasteiger partial charge < -0.3 is 24.6 Å². The number of benzene rings is 1. The van der Waals surface area contributed by atoms with Crippen molar-refractivity contribution in [3.63, 3.8) is 0 Å². The number of hydrogen-bond acceptors (Lipinski definition) is 9. The molecule has 30 heavy (non-hydrogen) atoms. The van der Waals surface area contributed by atoms with Gasteiger partial charge in [0.2, 0.25) is 17.8 Å². The molecular weight excluding hydrogens is 404 g/mol. The van der Waals surface area contributed by atoms with E-state index in [0.29, 0.717) is 43.5 Å². The Kier molecular flexibility index (Phi) is 6.98. The molecule has 0 unspecified atom stereocenters. The van der Waals surface area contributed by atoms with Crippen molar-refractivity contribution in [2.45, 2.75) is 17.3 Å². The zero-order valence-corrected chi connectivity index (χ0v) is 17.8. The zero-order chi connectivity index (χ0) is 20.8. The zero-order valence-electron chi connectivity index (χ0n) is 17.0. The summed E-state index contributed by atoms with van der Waals surface area (Å²) in [6.45, 7) is 7.40. The number of aromatic nitrogens is 3. The molecule has 0 radical (unpaired) electrons. The van der Waals surface area contributed by atoms with E-state index in [1.54, 1.807) is 0 Å². The maximum absolute atomic E-state index is 12.6. The number of carbonyl (C=O) groups excluding carboxylic acids is 1. The second-order valence-corrected chi connectivity index (χ2v) is 8.34. The van der Waals surface area contributed by atoms with Crippen molar-refractivity contribution in [1.82, 2.24) is 15.0 Å². The van der Waals surface area contributed by atoms with Crippen molar-refractivity contribution in [2.75, 3.05) is 67.7 Å². The fourth-order valence-electron chi connectivity index (χ4n) is 3.17. The molecule has 2 saturated heterocycles.